The van der Waals surface area contributed by atoms with Crippen LogP contribution in [0.4, 0.5) is 0 Å². The van der Waals surface area contributed by atoms with Crippen molar-refractivity contribution >= 4 is 11.3 Å². The highest BCUT2D eigenvalue weighted by Crippen LogP contribution is 2.25. The van der Waals surface area contributed by atoms with Gasteiger partial charge in [0.2, 0.25) is 0 Å². The van der Waals surface area contributed by atoms with Crippen LogP contribution in [0.15, 0.2) is 35.7 Å². The highest BCUT2D eigenvalue weighted by atomic mass is 32.1. The minimum Gasteiger partial charge on any atom is -0.302 e. The Morgan fingerprint density at radius 1 is 1.18 bits per heavy atom. The van der Waals surface area contributed by atoms with E-state index in [2.05, 4.69) is 53.8 Å². The van der Waals surface area contributed by atoms with Crippen molar-refractivity contribution < 1.29 is 0 Å². The highest BCUT2D eigenvalue weighted by Gasteiger charge is 2.17. The largest absolute Gasteiger partial charge is 0.302 e. The minimum atomic E-state index is 0.204. The molecule has 0 fully saturated rings. The molecule has 0 spiro atoms. The molecule has 90 valence electrons. The van der Waals surface area contributed by atoms with Crippen LogP contribution in [0.25, 0.3) is 0 Å². The van der Waals surface area contributed by atoms with E-state index in [1.165, 1.54) is 5.56 Å². The van der Waals surface area contributed by atoms with Crippen LogP contribution in [0, 0.1) is 6.92 Å². The number of thiazole rings is 1. The van der Waals surface area contributed by atoms with E-state index in [-0.39, 0.29) is 6.04 Å². The van der Waals surface area contributed by atoms with Crippen molar-refractivity contribution in [2.24, 2.45) is 0 Å². The monoisotopic (exact) mass is 246 g/mol. The Bertz CT molecular complexity index is 462. The van der Waals surface area contributed by atoms with Crippen molar-refractivity contribution in [3.05, 3.63) is 52.0 Å². The van der Waals surface area contributed by atoms with E-state index in [0.29, 0.717) is 6.04 Å². The summed E-state index contributed by atoms with van der Waals surface area (Å²) in [6.45, 7) is 6.37. The van der Waals surface area contributed by atoms with Gasteiger partial charge in [-0.1, -0.05) is 30.3 Å². The van der Waals surface area contributed by atoms with Crippen molar-refractivity contribution in [3.8, 4) is 0 Å². The Labute approximate surface area is 107 Å². The number of aryl methyl sites for hydroxylation is 1. The van der Waals surface area contributed by atoms with E-state index in [4.69, 9.17) is 0 Å². The highest BCUT2D eigenvalue weighted by molar-refractivity contribution is 7.09. The molecule has 0 bridgehead atoms. The first-order valence-electron chi connectivity index (χ1n) is 5.90. The fourth-order valence-corrected chi connectivity index (χ4v) is 2.67. The molecular formula is C14H18N2S. The van der Waals surface area contributed by atoms with E-state index in [0.717, 1.165) is 10.7 Å². The topological polar surface area (TPSA) is 24.9 Å². The second kappa shape index (κ2) is 5.43. The van der Waals surface area contributed by atoms with Gasteiger partial charge in [-0.25, -0.2) is 4.98 Å². The van der Waals surface area contributed by atoms with Crippen molar-refractivity contribution in [3.63, 3.8) is 0 Å². The number of aromatic nitrogens is 1. The molecule has 0 saturated heterocycles. The van der Waals surface area contributed by atoms with Crippen LogP contribution < -0.4 is 5.32 Å². The molecule has 1 N–H and O–H groups in total. The summed E-state index contributed by atoms with van der Waals surface area (Å²) in [5.74, 6) is 0. The number of hydrogen-bond acceptors (Lipinski definition) is 3. The molecule has 0 aliphatic carbocycles. The number of benzene rings is 1. The molecule has 17 heavy (non-hydrogen) atoms. The van der Waals surface area contributed by atoms with E-state index >= 15 is 0 Å². The Hall–Kier alpha value is -1.19. The summed E-state index contributed by atoms with van der Waals surface area (Å²) in [6.07, 6.45) is 0. The van der Waals surface area contributed by atoms with Crippen LogP contribution in [0.5, 0.6) is 0 Å². The molecule has 1 unspecified atom stereocenters. The van der Waals surface area contributed by atoms with Crippen molar-refractivity contribution in [1.29, 1.82) is 0 Å². The van der Waals surface area contributed by atoms with Gasteiger partial charge in [0, 0.05) is 17.1 Å². The number of rotatable bonds is 4. The van der Waals surface area contributed by atoms with E-state index < -0.39 is 0 Å². The average molecular weight is 246 g/mol. The summed E-state index contributed by atoms with van der Waals surface area (Å²) in [7, 11) is 0. The molecule has 0 aliphatic rings. The number of nitrogens with zero attached hydrogens (tertiary/aromatic N) is 1. The fraction of sp³-hybridized carbons (Fsp3) is 0.357. The predicted molar refractivity (Wildman–Crippen MR) is 73.4 cm³/mol. The lowest BCUT2D eigenvalue weighted by Crippen LogP contribution is -2.28. The third-order valence-electron chi connectivity index (χ3n) is 2.52. The first kappa shape index (κ1) is 12.3. The molecule has 3 heteroatoms. The molecule has 0 radical (unpaired) electrons. The Morgan fingerprint density at radius 3 is 2.41 bits per heavy atom. The first-order valence-corrected chi connectivity index (χ1v) is 6.78. The van der Waals surface area contributed by atoms with Gasteiger partial charge in [0.15, 0.2) is 0 Å². The van der Waals surface area contributed by atoms with Gasteiger partial charge in [-0.15, -0.1) is 11.3 Å². The molecule has 1 atom stereocenters. The van der Waals surface area contributed by atoms with E-state index in [1.807, 2.05) is 13.0 Å². The SMILES string of the molecule is Cc1csc(C(NC(C)C)c2ccccc2)n1. The molecule has 2 rings (SSSR count). The van der Waals surface area contributed by atoms with Crippen molar-refractivity contribution in [2.45, 2.75) is 32.9 Å². The van der Waals surface area contributed by atoms with Crippen LogP contribution in [0.3, 0.4) is 0 Å². The standard InChI is InChI=1S/C14H18N2S/c1-10(2)15-13(12-7-5-4-6-8-12)14-16-11(3)9-17-14/h4-10,13,15H,1-3H3. The van der Waals surface area contributed by atoms with Gasteiger partial charge in [-0.05, 0) is 26.3 Å². The van der Waals surface area contributed by atoms with Crippen LogP contribution >= 0.6 is 11.3 Å². The van der Waals surface area contributed by atoms with Gasteiger partial charge in [0.1, 0.15) is 5.01 Å². The molecule has 0 aliphatic heterocycles. The quantitative estimate of drug-likeness (QED) is 0.892. The smallest absolute Gasteiger partial charge is 0.114 e. The molecule has 1 heterocycles. The Morgan fingerprint density at radius 2 is 1.88 bits per heavy atom. The third-order valence-corrected chi connectivity index (χ3v) is 3.54. The van der Waals surface area contributed by atoms with Crippen LogP contribution in [0.2, 0.25) is 0 Å². The van der Waals surface area contributed by atoms with Gasteiger partial charge in [0.05, 0.1) is 6.04 Å². The van der Waals surface area contributed by atoms with Gasteiger partial charge in [-0.3, -0.25) is 0 Å². The summed E-state index contributed by atoms with van der Waals surface area (Å²) < 4.78 is 0. The van der Waals surface area contributed by atoms with Gasteiger partial charge >= 0.3 is 0 Å². The predicted octanol–water partition coefficient (Wildman–Crippen LogP) is 3.54. The second-order valence-electron chi connectivity index (χ2n) is 4.49. The summed E-state index contributed by atoms with van der Waals surface area (Å²) in [5, 5.41) is 6.82. The molecule has 0 saturated carbocycles. The maximum absolute atomic E-state index is 4.60. The zero-order chi connectivity index (χ0) is 12.3. The Balaban J connectivity index is 2.32. The van der Waals surface area contributed by atoms with Crippen LogP contribution in [0.1, 0.15) is 36.2 Å². The zero-order valence-electron chi connectivity index (χ0n) is 10.5. The lowest BCUT2D eigenvalue weighted by atomic mass is 10.1. The first-order chi connectivity index (χ1) is 8.16. The maximum Gasteiger partial charge on any atom is 0.114 e. The minimum absolute atomic E-state index is 0.204. The fourth-order valence-electron chi connectivity index (χ4n) is 1.79. The molecule has 2 nitrogen and oxygen atoms in total. The lowest BCUT2D eigenvalue weighted by Gasteiger charge is -2.19. The summed E-state index contributed by atoms with van der Waals surface area (Å²) in [4.78, 5) is 4.60. The van der Waals surface area contributed by atoms with Gasteiger partial charge < -0.3 is 5.32 Å². The summed E-state index contributed by atoms with van der Waals surface area (Å²) >= 11 is 1.72. The molecular weight excluding hydrogens is 228 g/mol. The normalized spacial score (nSPS) is 12.9. The van der Waals surface area contributed by atoms with E-state index in [1.54, 1.807) is 11.3 Å². The molecule has 0 amide bonds. The zero-order valence-corrected chi connectivity index (χ0v) is 11.3. The Kier molecular flexibility index (Phi) is 3.92. The second-order valence-corrected chi connectivity index (χ2v) is 5.38. The van der Waals surface area contributed by atoms with Gasteiger partial charge in [-0.2, -0.15) is 0 Å². The molecule has 1 aromatic heterocycles. The average Bonchev–Trinajstić information content (AvgIpc) is 2.73. The summed E-state index contributed by atoms with van der Waals surface area (Å²) in [5.41, 5.74) is 2.37. The lowest BCUT2D eigenvalue weighted by molar-refractivity contribution is 0.526. The molecule has 2 aromatic rings. The third kappa shape index (κ3) is 3.14. The number of hydrogen-bond donors (Lipinski definition) is 1. The van der Waals surface area contributed by atoms with Gasteiger partial charge in [0.25, 0.3) is 0 Å². The summed E-state index contributed by atoms with van der Waals surface area (Å²) in [6, 6.07) is 11.1. The van der Waals surface area contributed by atoms with E-state index in [9.17, 15) is 0 Å². The number of nitrogens with one attached hydrogen (secondary N) is 1. The molecule has 1 aromatic carbocycles. The van der Waals surface area contributed by atoms with Crippen molar-refractivity contribution in [2.75, 3.05) is 0 Å². The maximum atomic E-state index is 4.60. The van der Waals surface area contributed by atoms with Crippen LogP contribution in [-0.2, 0) is 0 Å². The van der Waals surface area contributed by atoms with Crippen molar-refractivity contribution in [1.82, 2.24) is 10.3 Å². The van der Waals surface area contributed by atoms with Crippen LogP contribution in [-0.4, -0.2) is 11.0 Å².